The fourth-order valence-electron chi connectivity index (χ4n) is 4.32. The zero-order chi connectivity index (χ0) is 14.9. The summed E-state index contributed by atoms with van der Waals surface area (Å²) in [6.07, 6.45) is 7.43. The van der Waals surface area contributed by atoms with Gasteiger partial charge >= 0.3 is 0 Å². The molecule has 0 saturated carbocycles. The van der Waals surface area contributed by atoms with E-state index in [9.17, 15) is 4.79 Å². The van der Waals surface area contributed by atoms with Crippen molar-refractivity contribution in [3.63, 3.8) is 0 Å². The first-order valence-corrected chi connectivity index (χ1v) is 8.57. The van der Waals surface area contributed by atoms with Gasteiger partial charge in [0.1, 0.15) is 0 Å². The van der Waals surface area contributed by atoms with E-state index in [1.165, 1.54) is 30.5 Å². The maximum absolute atomic E-state index is 11.5. The Labute approximate surface area is 132 Å². The third-order valence-electron chi connectivity index (χ3n) is 5.50. The van der Waals surface area contributed by atoms with Crippen LogP contribution in [-0.2, 0) is 11.3 Å². The first kappa shape index (κ1) is 14.0. The number of ketones is 1. The molecule has 2 heterocycles. The third kappa shape index (κ3) is 2.70. The standard InChI is InChI=1S/C19H24N2O/c22-19-9-8-17(12-19)20-11-10-16-6-7-18(14-20)21(16)13-15-4-2-1-3-5-15/h1-5,12,16,18H,6-11,13-14H2. The molecular formula is C19H24N2O. The molecule has 0 radical (unpaired) electrons. The minimum Gasteiger partial charge on any atom is -0.373 e. The van der Waals surface area contributed by atoms with Gasteiger partial charge < -0.3 is 4.90 Å². The molecule has 3 nitrogen and oxygen atoms in total. The number of benzene rings is 1. The van der Waals surface area contributed by atoms with Gasteiger partial charge in [0.2, 0.25) is 0 Å². The van der Waals surface area contributed by atoms with Crippen LogP contribution in [0.25, 0.3) is 0 Å². The van der Waals surface area contributed by atoms with Crippen molar-refractivity contribution >= 4 is 5.78 Å². The highest BCUT2D eigenvalue weighted by Crippen LogP contribution is 2.34. The van der Waals surface area contributed by atoms with Crippen LogP contribution in [-0.4, -0.2) is 40.8 Å². The lowest BCUT2D eigenvalue weighted by Gasteiger charge is -2.30. The molecular weight excluding hydrogens is 272 g/mol. The summed E-state index contributed by atoms with van der Waals surface area (Å²) in [5.41, 5.74) is 2.71. The van der Waals surface area contributed by atoms with Crippen molar-refractivity contribution in [3.8, 4) is 0 Å². The number of carbonyl (C=O) groups is 1. The van der Waals surface area contributed by atoms with Crippen molar-refractivity contribution in [1.29, 1.82) is 0 Å². The second-order valence-electron chi connectivity index (χ2n) is 6.88. The molecule has 2 bridgehead atoms. The minimum atomic E-state index is 0.311. The average Bonchev–Trinajstić information content (AvgIpc) is 3.05. The molecule has 0 spiro atoms. The van der Waals surface area contributed by atoms with Crippen LogP contribution in [0.1, 0.15) is 37.7 Å². The van der Waals surface area contributed by atoms with Gasteiger partial charge in [0.25, 0.3) is 0 Å². The molecule has 3 heteroatoms. The van der Waals surface area contributed by atoms with Crippen LogP contribution >= 0.6 is 0 Å². The Balaban J connectivity index is 1.49. The topological polar surface area (TPSA) is 23.6 Å². The van der Waals surface area contributed by atoms with Crippen molar-refractivity contribution in [3.05, 3.63) is 47.7 Å². The number of allylic oxidation sites excluding steroid dienone is 2. The first-order chi connectivity index (χ1) is 10.8. The molecule has 2 unspecified atom stereocenters. The lowest BCUT2D eigenvalue weighted by molar-refractivity contribution is -0.114. The van der Waals surface area contributed by atoms with Crippen LogP contribution < -0.4 is 0 Å². The van der Waals surface area contributed by atoms with E-state index in [1.54, 1.807) is 0 Å². The summed E-state index contributed by atoms with van der Waals surface area (Å²) in [5.74, 6) is 0.311. The monoisotopic (exact) mass is 296 g/mol. The number of hydrogen-bond donors (Lipinski definition) is 0. The van der Waals surface area contributed by atoms with Crippen LogP contribution in [0.15, 0.2) is 42.1 Å². The van der Waals surface area contributed by atoms with Gasteiger partial charge in [0.05, 0.1) is 0 Å². The van der Waals surface area contributed by atoms with Crippen LogP contribution in [0.5, 0.6) is 0 Å². The molecule has 4 rings (SSSR count). The number of nitrogens with zero attached hydrogens (tertiary/aromatic N) is 2. The summed E-state index contributed by atoms with van der Waals surface area (Å²) in [5, 5.41) is 0. The van der Waals surface area contributed by atoms with E-state index in [4.69, 9.17) is 0 Å². The first-order valence-electron chi connectivity index (χ1n) is 8.57. The summed E-state index contributed by atoms with van der Waals surface area (Å²) >= 11 is 0. The highest BCUT2D eigenvalue weighted by molar-refractivity contribution is 5.92. The van der Waals surface area contributed by atoms with Gasteiger partial charge in [-0.2, -0.15) is 0 Å². The van der Waals surface area contributed by atoms with Crippen LogP contribution in [0.2, 0.25) is 0 Å². The molecule has 0 N–H and O–H groups in total. The molecule has 2 fully saturated rings. The smallest absolute Gasteiger partial charge is 0.157 e. The van der Waals surface area contributed by atoms with Gasteiger partial charge in [-0.1, -0.05) is 30.3 Å². The highest BCUT2D eigenvalue weighted by Gasteiger charge is 2.37. The molecule has 2 aliphatic heterocycles. The zero-order valence-corrected chi connectivity index (χ0v) is 13.1. The number of hydrogen-bond acceptors (Lipinski definition) is 3. The number of likely N-dealkylation sites (tertiary alicyclic amines) is 1. The van der Waals surface area contributed by atoms with Gasteiger partial charge in [0.15, 0.2) is 5.78 Å². The van der Waals surface area contributed by atoms with Crippen LogP contribution in [0.4, 0.5) is 0 Å². The Hall–Kier alpha value is -1.61. The Morgan fingerprint density at radius 3 is 2.59 bits per heavy atom. The molecule has 22 heavy (non-hydrogen) atoms. The Morgan fingerprint density at radius 1 is 1.00 bits per heavy atom. The van der Waals surface area contributed by atoms with E-state index >= 15 is 0 Å². The quantitative estimate of drug-likeness (QED) is 0.857. The molecule has 116 valence electrons. The zero-order valence-electron chi connectivity index (χ0n) is 13.1. The number of carbonyl (C=O) groups excluding carboxylic acids is 1. The predicted molar refractivity (Wildman–Crippen MR) is 87.3 cm³/mol. The lowest BCUT2D eigenvalue weighted by Crippen LogP contribution is -2.38. The summed E-state index contributed by atoms with van der Waals surface area (Å²) in [6, 6.07) is 12.2. The van der Waals surface area contributed by atoms with Crippen molar-refractivity contribution < 1.29 is 4.79 Å². The second-order valence-corrected chi connectivity index (χ2v) is 6.88. The van der Waals surface area contributed by atoms with Crippen LogP contribution in [0, 0.1) is 0 Å². The maximum Gasteiger partial charge on any atom is 0.157 e. The molecule has 2 saturated heterocycles. The van der Waals surface area contributed by atoms with E-state index in [0.29, 0.717) is 24.3 Å². The van der Waals surface area contributed by atoms with Gasteiger partial charge in [-0.05, 0) is 31.2 Å². The Bertz CT molecular complexity index is 580. The summed E-state index contributed by atoms with van der Waals surface area (Å²) in [7, 11) is 0. The molecule has 0 amide bonds. The molecule has 0 aromatic heterocycles. The van der Waals surface area contributed by atoms with E-state index in [0.717, 1.165) is 26.1 Å². The summed E-state index contributed by atoms with van der Waals surface area (Å²) in [4.78, 5) is 16.7. The van der Waals surface area contributed by atoms with E-state index in [-0.39, 0.29) is 0 Å². The van der Waals surface area contributed by atoms with Crippen molar-refractivity contribution in [1.82, 2.24) is 9.80 Å². The third-order valence-corrected chi connectivity index (χ3v) is 5.50. The normalized spacial score (nSPS) is 28.8. The lowest BCUT2D eigenvalue weighted by atomic mass is 10.1. The van der Waals surface area contributed by atoms with E-state index in [2.05, 4.69) is 40.1 Å². The van der Waals surface area contributed by atoms with Crippen molar-refractivity contribution in [2.45, 2.75) is 50.7 Å². The second kappa shape index (κ2) is 5.88. The summed E-state index contributed by atoms with van der Waals surface area (Å²) in [6.45, 7) is 3.29. The van der Waals surface area contributed by atoms with Crippen molar-refractivity contribution in [2.75, 3.05) is 13.1 Å². The number of fused-ring (bicyclic) bond motifs is 2. The summed E-state index contributed by atoms with van der Waals surface area (Å²) < 4.78 is 0. The fourth-order valence-corrected chi connectivity index (χ4v) is 4.32. The van der Waals surface area contributed by atoms with Gasteiger partial charge in [-0.15, -0.1) is 0 Å². The molecule has 3 aliphatic rings. The van der Waals surface area contributed by atoms with E-state index < -0.39 is 0 Å². The molecule has 1 aromatic rings. The largest absolute Gasteiger partial charge is 0.373 e. The molecule has 2 atom stereocenters. The van der Waals surface area contributed by atoms with Gasteiger partial charge in [0, 0.05) is 49.9 Å². The van der Waals surface area contributed by atoms with Crippen LogP contribution in [0.3, 0.4) is 0 Å². The predicted octanol–water partition coefficient (Wildman–Crippen LogP) is 2.97. The van der Waals surface area contributed by atoms with Gasteiger partial charge in [-0.25, -0.2) is 0 Å². The molecule has 1 aliphatic carbocycles. The van der Waals surface area contributed by atoms with Crippen molar-refractivity contribution in [2.24, 2.45) is 0 Å². The maximum atomic E-state index is 11.5. The molecule has 1 aromatic carbocycles. The SMILES string of the molecule is O=C1C=C(N2CCC3CCC(C2)N3Cc2ccccc2)CC1. The Morgan fingerprint density at radius 2 is 1.82 bits per heavy atom. The Kier molecular flexibility index (Phi) is 3.75. The van der Waals surface area contributed by atoms with E-state index in [1.807, 2.05) is 6.08 Å². The fraction of sp³-hybridized carbons (Fsp3) is 0.526. The number of rotatable bonds is 3. The average molecular weight is 296 g/mol. The van der Waals surface area contributed by atoms with Gasteiger partial charge in [-0.3, -0.25) is 9.69 Å². The minimum absolute atomic E-state index is 0.311. The highest BCUT2D eigenvalue weighted by atomic mass is 16.1.